The number of methoxy groups -OCH3 is 1. The van der Waals surface area contributed by atoms with Crippen LogP contribution in [-0.2, 0) is 9.53 Å². The smallest absolute Gasteiger partial charge is 0.305 e. The van der Waals surface area contributed by atoms with Crippen LogP contribution in [0.3, 0.4) is 0 Å². The summed E-state index contributed by atoms with van der Waals surface area (Å²) in [5.41, 5.74) is 1.32. The first kappa shape index (κ1) is 13.9. The molecule has 0 spiro atoms. The molecule has 0 bridgehead atoms. The molecule has 0 aromatic heterocycles. The Morgan fingerprint density at radius 1 is 1.21 bits per heavy atom. The van der Waals surface area contributed by atoms with Crippen molar-refractivity contribution in [3.05, 3.63) is 29.8 Å². The van der Waals surface area contributed by atoms with Gasteiger partial charge in [-0.3, -0.25) is 4.79 Å². The minimum Gasteiger partial charge on any atom is -0.508 e. The lowest BCUT2D eigenvalue weighted by atomic mass is 9.77. The van der Waals surface area contributed by atoms with E-state index in [1.165, 1.54) is 38.4 Å². The van der Waals surface area contributed by atoms with E-state index in [-0.39, 0.29) is 5.97 Å². The number of carbonyl (C=O) groups excluding carboxylic acids is 1. The van der Waals surface area contributed by atoms with Crippen LogP contribution in [0.25, 0.3) is 0 Å². The molecule has 0 unspecified atom stereocenters. The number of phenolic OH excluding ortho intramolecular Hbond substituents is 1. The number of esters is 1. The molecule has 1 aliphatic rings. The summed E-state index contributed by atoms with van der Waals surface area (Å²) in [4.78, 5) is 11.1. The van der Waals surface area contributed by atoms with Crippen molar-refractivity contribution < 1.29 is 14.6 Å². The molecule has 1 aliphatic carbocycles. The fourth-order valence-electron chi connectivity index (χ4n) is 2.95. The fourth-order valence-corrected chi connectivity index (χ4v) is 2.95. The quantitative estimate of drug-likeness (QED) is 0.843. The molecule has 104 valence electrons. The van der Waals surface area contributed by atoms with E-state index in [4.69, 9.17) is 0 Å². The molecule has 0 radical (unpaired) electrons. The van der Waals surface area contributed by atoms with Gasteiger partial charge in [-0.2, -0.15) is 0 Å². The van der Waals surface area contributed by atoms with Gasteiger partial charge >= 0.3 is 5.97 Å². The number of benzene rings is 1. The Morgan fingerprint density at radius 2 is 1.84 bits per heavy atom. The van der Waals surface area contributed by atoms with Gasteiger partial charge in [0.1, 0.15) is 5.75 Å². The maximum atomic E-state index is 11.1. The summed E-state index contributed by atoms with van der Waals surface area (Å²) in [6, 6.07) is 7.57. The van der Waals surface area contributed by atoms with Gasteiger partial charge < -0.3 is 9.84 Å². The maximum Gasteiger partial charge on any atom is 0.305 e. The molecule has 0 atom stereocenters. The highest BCUT2D eigenvalue weighted by molar-refractivity contribution is 5.69. The van der Waals surface area contributed by atoms with Gasteiger partial charge in [-0.05, 0) is 61.6 Å². The normalized spacial score (nSPS) is 23.0. The molecule has 3 nitrogen and oxygen atoms in total. The largest absolute Gasteiger partial charge is 0.508 e. The van der Waals surface area contributed by atoms with Gasteiger partial charge in [0, 0.05) is 6.42 Å². The van der Waals surface area contributed by atoms with Crippen molar-refractivity contribution in [2.45, 2.75) is 44.4 Å². The molecule has 0 heterocycles. The molecule has 0 amide bonds. The summed E-state index contributed by atoms with van der Waals surface area (Å²) in [6.07, 6.45) is 6.22. The van der Waals surface area contributed by atoms with Crippen LogP contribution in [0.2, 0.25) is 0 Å². The summed E-state index contributed by atoms with van der Waals surface area (Å²) in [6.45, 7) is 0. The minimum atomic E-state index is -0.0966. The molecule has 1 fully saturated rings. The van der Waals surface area contributed by atoms with Crippen LogP contribution in [0, 0.1) is 5.92 Å². The number of hydrogen-bond acceptors (Lipinski definition) is 3. The Bertz CT molecular complexity index is 403. The molecular weight excluding hydrogens is 240 g/mol. The van der Waals surface area contributed by atoms with E-state index in [2.05, 4.69) is 4.74 Å². The van der Waals surface area contributed by atoms with E-state index in [9.17, 15) is 9.90 Å². The number of aromatic hydroxyl groups is 1. The number of rotatable bonds is 4. The van der Waals surface area contributed by atoms with E-state index in [1.807, 2.05) is 12.1 Å². The van der Waals surface area contributed by atoms with E-state index in [0.29, 0.717) is 24.0 Å². The van der Waals surface area contributed by atoms with Crippen molar-refractivity contribution in [3.63, 3.8) is 0 Å². The zero-order valence-electron chi connectivity index (χ0n) is 11.5. The summed E-state index contributed by atoms with van der Waals surface area (Å²) in [7, 11) is 1.45. The van der Waals surface area contributed by atoms with Crippen molar-refractivity contribution >= 4 is 5.97 Å². The highest BCUT2D eigenvalue weighted by Gasteiger charge is 2.22. The fraction of sp³-hybridized carbons (Fsp3) is 0.562. The second-order valence-corrected chi connectivity index (χ2v) is 5.42. The highest BCUT2D eigenvalue weighted by atomic mass is 16.5. The van der Waals surface area contributed by atoms with Crippen LogP contribution >= 0.6 is 0 Å². The third kappa shape index (κ3) is 3.98. The first-order chi connectivity index (χ1) is 9.19. The van der Waals surface area contributed by atoms with Crippen molar-refractivity contribution in [2.24, 2.45) is 5.92 Å². The minimum absolute atomic E-state index is 0.0966. The SMILES string of the molecule is COC(=O)CC[C@H]1CC[C@H](c2ccc(O)cc2)CC1. The molecule has 1 aromatic carbocycles. The molecule has 1 aromatic rings. The Kier molecular flexibility index (Phi) is 4.83. The average Bonchev–Trinajstić information content (AvgIpc) is 2.46. The first-order valence-corrected chi connectivity index (χ1v) is 7.04. The lowest BCUT2D eigenvalue weighted by Gasteiger charge is -2.28. The van der Waals surface area contributed by atoms with Gasteiger partial charge in [-0.1, -0.05) is 12.1 Å². The zero-order valence-corrected chi connectivity index (χ0v) is 11.5. The van der Waals surface area contributed by atoms with Gasteiger partial charge in [-0.25, -0.2) is 0 Å². The van der Waals surface area contributed by atoms with Crippen LogP contribution < -0.4 is 0 Å². The molecule has 1 N–H and O–H groups in total. The van der Waals surface area contributed by atoms with Crippen molar-refractivity contribution in [3.8, 4) is 5.75 Å². The number of phenols is 1. The highest BCUT2D eigenvalue weighted by Crippen LogP contribution is 2.37. The van der Waals surface area contributed by atoms with E-state index >= 15 is 0 Å². The molecule has 2 rings (SSSR count). The van der Waals surface area contributed by atoms with Crippen LogP contribution in [0.5, 0.6) is 5.75 Å². The van der Waals surface area contributed by atoms with Gasteiger partial charge in [-0.15, -0.1) is 0 Å². The van der Waals surface area contributed by atoms with Crippen LogP contribution in [0.1, 0.15) is 50.0 Å². The molecule has 0 saturated heterocycles. The second kappa shape index (κ2) is 6.60. The molecule has 3 heteroatoms. The zero-order chi connectivity index (χ0) is 13.7. The predicted molar refractivity (Wildman–Crippen MR) is 74.1 cm³/mol. The topological polar surface area (TPSA) is 46.5 Å². The Balaban J connectivity index is 1.79. The van der Waals surface area contributed by atoms with Crippen LogP contribution in [-0.4, -0.2) is 18.2 Å². The number of carbonyl (C=O) groups is 1. The monoisotopic (exact) mass is 262 g/mol. The number of ether oxygens (including phenoxy) is 1. The maximum absolute atomic E-state index is 11.1. The predicted octanol–water partition coefficient (Wildman–Crippen LogP) is 3.62. The Hall–Kier alpha value is -1.51. The average molecular weight is 262 g/mol. The van der Waals surface area contributed by atoms with Crippen molar-refractivity contribution in [1.82, 2.24) is 0 Å². The van der Waals surface area contributed by atoms with Gasteiger partial charge in [0.2, 0.25) is 0 Å². The van der Waals surface area contributed by atoms with E-state index < -0.39 is 0 Å². The van der Waals surface area contributed by atoms with Crippen LogP contribution in [0.15, 0.2) is 24.3 Å². The van der Waals surface area contributed by atoms with Crippen molar-refractivity contribution in [2.75, 3.05) is 7.11 Å². The van der Waals surface area contributed by atoms with Gasteiger partial charge in [0.25, 0.3) is 0 Å². The summed E-state index contributed by atoms with van der Waals surface area (Å²) < 4.78 is 4.68. The molecule has 1 saturated carbocycles. The van der Waals surface area contributed by atoms with Gasteiger partial charge in [0.15, 0.2) is 0 Å². The third-order valence-electron chi connectivity index (χ3n) is 4.20. The first-order valence-electron chi connectivity index (χ1n) is 7.04. The Morgan fingerprint density at radius 3 is 2.42 bits per heavy atom. The molecule has 19 heavy (non-hydrogen) atoms. The van der Waals surface area contributed by atoms with Crippen LogP contribution in [0.4, 0.5) is 0 Å². The second-order valence-electron chi connectivity index (χ2n) is 5.42. The summed E-state index contributed by atoms with van der Waals surface area (Å²) in [5.74, 6) is 1.50. The standard InChI is InChI=1S/C16H22O3/c1-19-16(18)11-4-12-2-5-13(6-3-12)14-7-9-15(17)10-8-14/h7-10,12-13,17H,2-6,11H2,1H3/t12-,13-. The molecular formula is C16H22O3. The third-order valence-corrected chi connectivity index (χ3v) is 4.20. The molecule has 0 aliphatic heterocycles. The number of hydrogen-bond donors (Lipinski definition) is 1. The van der Waals surface area contributed by atoms with E-state index in [1.54, 1.807) is 12.1 Å². The van der Waals surface area contributed by atoms with Crippen molar-refractivity contribution in [1.29, 1.82) is 0 Å². The summed E-state index contributed by atoms with van der Waals surface area (Å²) in [5, 5.41) is 9.30. The lowest BCUT2D eigenvalue weighted by Crippen LogP contribution is -2.14. The van der Waals surface area contributed by atoms with E-state index in [0.717, 1.165) is 6.42 Å². The summed E-state index contributed by atoms with van der Waals surface area (Å²) >= 11 is 0. The Labute approximate surface area is 114 Å². The lowest BCUT2D eigenvalue weighted by molar-refractivity contribution is -0.141. The van der Waals surface area contributed by atoms with Gasteiger partial charge in [0.05, 0.1) is 7.11 Å².